The van der Waals surface area contributed by atoms with Gasteiger partial charge in [-0.25, -0.2) is 14.2 Å². The van der Waals surface area contributed by atoms with E-state index in [4.69, 9.17) is 35.4 Å². The number of carboxylic acid groups (broad SMARTS) is 1. The third-order valence-electron chi connectivity index (χ3n) is 4.59. The highest BCUT2D eigenvalue weighted by Gasteiger charge is 2.38. The lowest BCUT2D eigenvalue weighted by molar-refractivity contribution is -0.192. The van der Waals surface area contributed by atoms with Crippen LogP contribution in [-0.4, -0.2) is 70.0 Å². The average Bonchev–Trinajstić information content (AvgIpc) is 3.23. The monoisotopic (exact) mass is 520 g/mol. The maximum Gasteiger partial charge on any atom is 0.490 e. The summed E-state index contributed by atoms with van der Waals surface area (Å²) in [5.41, 5.74) is 1.05. The van der Waals surface area contributed by atoms with Crippen LogP contribution in [0.25, 0.3) is 22.7 Å². The van der Waals surface area contributed by atoms with Gasteiger partial charge in [-0.1, -0.05) is 18.5 Å². The Bertz CT molecular complexity index is 1170. The first kappa shape index (κ1) is 26.6. The number of rotatable bonds is 6. The zero-order chi connectivity index (χ0) is 25.6. The molecule has 0 radical (unpaired) electrons. The maximum atomic E-state index is 13.7. The van der Waals surface area contributed by atoms with Crippen LogP contribution < -0.4 is 4.74 Å². The summed E-state index contributed by atoms with van der Waals surface area (Å²) in [5.74, 6) is -2.07. The van der Waals surface area contributed by atoms with E-state index >= 15 is 0 Å². The molecule has 190 valence electrons. The Morgan fingerprint density at radius 3 is 2.54 bits per heavy atom. The van der Waals surface area contributed by atoms with E-state index in [-0.39, 0.29) is 5.89 Å². The lowest BCUT2D eigenvalue weighted by Crippen LogP contribution is -2.36. The van der Waals surface area contributed by atoms with E-state index in [1.807, 2.05) is 6.92 Å². The van der Waals surface area contributed by atoms with Crippen molar-refractivity contribution < 1.29 is 41.4 Å². The molecule has 1 aliphatic rings. The minimum Gasteiger partial charge on any atom is -0.476 e. The summed E-state index contributed by atoms with van der Waals surface area (Å²) in [6, 6.07) is 4.03. The van der Waals surface area contributed by atoms with Gasteiger partial charge in [0.2, 0.25) is 11.8 Å². The van der Waals surface area contributed by atoms with Gasteiger partial charge < -0.3 is 19.0 Å². The molecule has 0 unspecified atom stereocenters. The summed E-state index contributed by atoms with van der Waals surface area (Å²) >= 11 is 6.19. The van der Waals surface area contributed by atoms with Gasteiger partial charge in [-0.05, 0) is 24.6 Å². The molecule has 4 rings (SSSR count). The topological polar surface area (TPSA) is 111 Å². The smallest absolute Gasteiger partial charge is 0.476 e. The average molecular weight is 521 g/mol. The molecule has 0 bridgehead atoms. The van der Waals surface area contributed by atoms with Crippen molar-refractivity contribution in [3.63, 3.8) is 0 Å². The standard InChI is InChI=1S/C19H20ClFN4O3.C2HF3O2/c1-2-7-27-18-16-19(23-15(22-18)11-25-5-8-26-9-6-25)28-17(24-16)13-10-12(21)3-4-14(13)20;3-2(4,5)1(6)7/h3-4,10H,2,5-9,11H2,1H3;(H,6,7). The van der Waals surface area contributed by atoms with Gasteiger partial charge in [-0.15, -0.1) is 0 Å². The first-order valence-electron chi connectivity index (χ1n) is 10.4. The van der Waals surface area contributed by atoms with Crippen molar-refractivity contribution in [1.29, 1.82) is 0 Å². The molecule has 3 aromatic rings. The van der Waals surface area contributed by atoms with E-state index < -0.39 is 18.0 Å². The fraction of sp³-hybridized carbons (Fsp3) is 0.429. The number of oxazole rings is 1. The fourth-order valence-electron chi connectivity index (χ4n) is 2.95. The summed E-state index contributed by atoms with van der Waals surface area (Å²) in [6.07, 6.45) is -4.26. The molecule has 0 aliphatic carbocycles. The predicted molar refractivity (Wildman–Crippen MR) is 116 cm³/mol. The molecule has 1 saturated heterocycles. The Morgan fingerprint density at radius 1 is 1.23 bits per heavy atom. The molecule has 9 nitrogen and oxygen atoms in total. The highest BCUT2D eigenvalue weighted by Crippen LogP contribution is 2.32. The maximum absolute atomic E-state index is 13.7. The van der Waals surface area contributed by atoms with Gasteiger partial charge in [0.15, 0.2) is 11.3 Å². The summed E-state index contributed by atoms with van der Waals surface area (Å²) in [6.45, 7) is 6.05. The normalized spacial score (nSPS) is 14.5. The molecule has 3 heterocycles. The van der Waals surface area contributed by atoms with Gasteiger partial charge >= 0.3 is 12.1 Å². The number of alkyl halides is 3. The Kier molecular flexibility index (Phi) is 8.81. The van der Waals surface area contributed by atoms with Crippen LogP contribution in [0, 0.1) is 5.82 Å². The summed E-state index contributed by atoms with van der Waals surface area (Å²) in [5, 5.41) is 7.46. The molecule has 0 spiro atoms. The van der Waals surface area contributed by atoms with Crippen molar-refractivity contribution in [3.05, 3.63) is 34.9 Å². The number of hydrogen-bond donors (Lipinski definition) is 1. The second-order valence-electron chi connectivity index (χ2n) is 7.28. The molecule has 35 heavy (non-hydrogen) atoms. The van der Waals surface area contributed by atoms with Crippen molar-refractivity contribution in [2.24, 2.45) is 0 Å². The Morgan fingerprint density at radius 2 is 1.91 bits per heavy atom. The van der Waals surface area contributed by atoms with E-state index in [0.29, 0.717) is 59.9 Å². The van der Waals surface area contributed by atoms with Crippen LogP contribution >= 0.6 is 11.6 Å². The number of aliphatic carboxylic acids is 1. The minimum absolute atomic E-state index is 0.179. The Hall–Kier alpha value is -3.03. The molecule has 1 aliphatic heterocycles. The molecular formula is C21H21ClF4N4O5. The lowest BCUT2D eigenvalue weighted by Gasteiger charge is -2.25. The molecule has 0 saturated carbocycles. The third kappa shape index (κ3) is 7.23. The Balaban J connectivity index is 0.000000429. The molecule has 1 fully saturated rings. The van der Waals surface area contributed by atoms with Crippen molar-refractivity contribution in [3.8, 4) is 17.3 Å². The zero-order valence-corrected chi connectivity index (χ0v) is 19.2. The van der Waals surface area contributed by atoms with Crippen LogP contribution in [0.2, 0.25) is 5.02 Å². The third-order valence-corrected chi connectivity index (χ3v) is 4.92. The molecule has 0 amide bonds. The van der Waals surface area contributed by atoms with E-state index in [2.05, 4.69) is 19.9 Å². The van der Waals surface area contributed by atoms with Crippen molar-refractivity contribution in [2.75, 3.05) is 32.9 Å². The molecule has 1 N–H and O–H groups in total. The minimum atomic E-state index is -5.08. The van der Waals surface area contributed by atoms with Gasteiger partial charge in [0.25, 0.3) is 5.71 Å². The number of hydrogen-bond acceptors (Lipinski definition) is 8. The number of nitrogens with zero attached hydrogens (tertiary/aromatic N) is 4. The van der Waals surface area contributed by atoms with Gasteiger partial charge in [0.05, 0.1) is 37.0 Å². The van der Waals surface area contributed by atoms with Gasteiger partial charge in [0.1, 0.15) is 5.82 Å². The molecule has 0 atom stereocenters. The molecular weight excluding hydrogens is 500 g/mol. The largest absolute Gasteiger partial charge is 0.490 e. The van der Waals surface area contributed by atoms with Crippen molar-refractivity contribution in [2.45, 2.75) is 26.1 Å². The highest BCUT2D eigenvalue weighted by molar-refractivity contribution is 6.33. The second-order valence-corrected chi connectivity index (χ2v) is 7.69. The lowest BCUT2D eigenvalue weighted by atomic mass is 10.2. The first-order chi connectivity index (χ1) is 16.6. The molecule has 2 aromatic heterocycles. The van der Waals surface area contributed by atoms with Crippen LogP contribution in [0.5, 0.6) is 5.88 Å². The van der Waals surface area contributed by atoms with Crippen LogP contribution in [0.4, 0.5) is 17.6 Å². The fourth-order valence-corrected chi connectivity index (χ4v) is 3.14. The number of aromatic nitrogens is 3. The van der Waals surface area contributed by atoms with E-state index in [9.17, 15) is 17.6 Å². The van der Waals surface area contributed by atoms with Crippen LogP contribution in [0.15, 0.2) is 22.6 Å². The molecule has 14 heteroatoms. The number of halogens is 5. The first-order valence-corrected chi connectivity index (χ1v) is 10.8. The number of carboxylic acids is 1. The number of carbonyl (C=O) groups is 1. The number of fused-ring (bicyclic) bond motifs is 1. The van der Waals surface area contributed by atoms with Crippen molar-refractivity contribution >= 4 is 28.8 Å². The second kappa shape index (κ2) is 11.6. The van der Waals surface area contributed by atoms with Crippen LogP contribution in [0.1, 0.15) is 19.2 Å². The van der Waals surface area contributed by atoms with Gasteiger partial charge in [-0.3, -0.25) is 4.90 Å². The van der Waals surface area contributed by atoms with E-state index in [1.54, 1.807) is 0 Å². The SMILES string of the molecule is CCCOc1nc(CN2CCOCC2)nc2oc(-c3cc(F)ccc3Cl)nc12.O=C(O)C(F)(F)F. The predicted octanol–water partition coefficient (Wildman–Crippen LogP) is 4.33. The summed E-state index contributed by atoms with van der Waals surface area (Å²) in [7, 11) is 0. The van der Waals surface area contributed by atoms with Crippen molar-refractivity contribution in [1.82, 2.24) is 19.9 Å². The van der Waals surface area contributed by atoms with Gasteiger partial charge in [0, 0.05) is 13.1 Å². The zero-order valence-electron chi connectivity index (χ0n) is 18.4. The van der Waals surface area contributed by atoms with E-state index in [0.717, 1.165) is 19.5 Å². The van der Waals surface area contributed by atoms with Crippen LogP contribution in [-0.2, 0) is 16.1 Å². The molecule has 1 aromatic carbocycles. The van der Waals surface area contributed by atoms with E-state index in [1.165, 1.54) is 18.2 Å². The quantitative estimate of drug-likeness (QED) is 0.475. The Labute approximate surface area is 201 Å². The number of morpholine rings is 1. The number of ether oxygens (including phenoxy) is 2. The van der Waals surface area contributed by atoms with Gasteiger partial charge in [-0.2, -0.15) is 23.1 Å². The highest BCUT2D eigenvalue weighted by atomic mass is 35.5. The number of benzene rings is 1. The summed E-state index contributed by atoms with van der Waals surface area (Å²) in [4.78, 5) is 24.6. The summed E-state index contributed by atoms with van der Waals surface area (Å²) < 4.78 is 62.4. The van der Waals surface area contributed by atoms with Crippen LogP contribution in [0.3, 0.4) is 0 Å².